The Labute approximate surface area is 185 Å². The average molecular weight is 493 g/mol. The van der Waals surface area contributed by atoms with E-state index in [1.54, 1.807) is 18.2 Å². The number of carbonyl (C=O) groups excluding carboxylic acids is 2. The maximum atomic E-state index is 12.7. The van der Waals surface area contributed by atoms with Crippen LogP contribution in [0, 0.1) is 10.1 Å². The number of amides is 2. The van der Waals surface area contributed by atoms with Crippen molar-refractivity contribution >= 4 is 50.6 Å². The summed E-state index contributed by atoms with van der Waals surface area (Å²) in [5, 5.41) is 10.4. The second-order valence-electron chi connectivity index (χ2n) is 6.16. The van der Waals surface area contributed by atoms with Gasteiger partial charge in [0.25, 0.3) is 16.8 Å². The lowest BCUT2D eigenvalue weighted by Gasteiger charge is -2.13. The number of ether oxygens (including phenoxy) is 2. The Morgan fingerprint density at radius 1 is 1.23 bits per heavy atom. The Morgan fingerprint density at radius 3 is 2.53 bits per heavy atom. The Morgan fingerprint density at radius 2 is 1.93 bits per heavy atom. The molecule has 0 saturated carbocycles. The summed E-state index contributed by atoms with van der Waals surface area (Å²) in [6, 6.07) is 9.23. The van der Waals surface area contributed by atoms with Crippen LogP contribution in [0.5, 0.6) is 11.5 Å². The van der Waals surface area contributed by atoms with Gasteiger partial charge in [-0.2, -0.15) is 0 Å². The highest BCUT2D eigenvalue weighted by Gasteiger charge is 2.35. The summed E-state index contributed by atoms with van der Waals surface area (Å²) in [6.45, 7) is 2.37. The molecule has 0 radical (unpaired) electrons. The zero-order valence-corrected chi connectivity index (χ0v) is 18.5. The van der Waals surface area contributed by atoms with Crippen LogP contribution in [-0.2, 0) is 11.3 Å². The number of nitro groups is 1. The number of carbonyl (C=O) groups is 2. The van der Waals surface area contributed by atoms with Gasteiger partial charge in [0.2, 0.25) is 0 Å². The minimum Gasteiger partial charge on any atom is -0.493 e. The lowest BCUT2D eigenvalue weighted by Crippen LogP contribution is -2.27. The molecule has 0 bridgehead atoms. The highest BCUT2D eigenvalue weighted by molar-refractivity contribution is 9.10. The summed E-state index contributed by atoms with van der Waals surface area (Å²) in [4.78, 5) is 36.8. The van der Waals surface area contributed by atoms with Gasteiger partial charge in [0.1, 0.15) is 0 Å². The largest absolute Gasteiger partial charge is 0.493 e. The number of thioether (sulfide) groups is 1. The number of imide groups is 1. The van der Waals surface area contributed by atoms with Gasteiger partial charge in [0.15, 0.2) is 11.5 Å². The van der Waals surface area contributed by atoms with Gasteiger partial charge in [-0.3, -0.25) is 24.6 Å². The van der Waals surface area contributed by atoms with Crippen molar-refractivity contribution in [2.24, 2.45) is 0 Å². The van der Waals surface area contributed by atoms with Crippen LogP contribution in [0.1, 0.15) is 18.1 Å². The van der Waals surface area contributed by atoms with Crippen molar-refractivity contribution in [1.29, 1.82) is 0 Å². The van der Waals surface area contributed by atoms with Crippen molar-refractivity contribution in [2.75, 3.05) is 13.7 Å². The Hall–Kier alpha value is -2.85. The maximum Gasteiger partial charge on any atom is 0.293 e. The van der Waals surface area contributed by atoms with E-state index in [0.29, 0.717) is 33.7 Å². The van der Waals surface area contributed by atoms with Gasteiger partial charge in [0.05, 0.1) is 34.6 Å². The summed E-state index contributed by atoms with van der Waals surface area (Å²) in [5.41, 5.74) is 1.24. The van der Waals surface area contributed by atoms with E-state index in [2.05, 4.69) is 15.9 Å². The lowest BCUT2D eigenvalue weighted by atomic mass is 10.1. The normalized spacial score (nSPS) is 15.0. The predicted octanol–water partition coefficient (Wildman–Crippen LogP) is 5.00. The first-order valence-electron chi connectivity index (χ1n) is 8.83. The molecular weight excluding hydrogens is 476 g/mol. The minimum atomic E-state index is -0.504. The molecule has 0 N–H and O–H groups in total. The molecule has 1 aliphatic rings. The van der Waals surface area contributed by atoms with Crippen LogP contribution in [0.25, 0.3) is 6.08 Å². The smallest absolute Gasteiger partial charge is 0.293 e. The quantitative estimate of drug-likeness (QED) is 0.304. The van der Waals surface area contributed by atoms with E-state index >= 15 is 0 Å². The maximum absolute atomic E-state index is 12.7. The van der Waals surface area contributed by atoms with Crippen LogP contribution in [-0.4, -0.2) is 34.7 Å². The minimum absolute atomic E-state index is 0.0380. The molecule has 0 spiro atoms. The van der Waals surface area contributed by atoms with Crippen molar-refractivity contribution in [1.82, 2.24) is 4.90 Å². The number of benzene rings is 2. The highest BCUT2D eigenvalue weighted by Crippen LogP contribution is 2.39. The lowest BCUT2D eigenvalue weighted by molar-refractivity contribution is -0.384. The van der Waals surface area contributed by atoms with E-state index in [-0.39, 0.29) is 17.1 Å². The summed E-state index contributed by atoms with van der Waals surface area (Å²) < 4.78 is 11.6. The fraction of sp³-hybridized carbons (Fsp3) is 0.200. The Bertz CT molecular complexity index is 1040. The van der Waals surface area contributed by atoms with Gasteiger partial charge >= 0.3 is 0 Å². The molecule has 0 aromatic heterocycles. The summed E-state index contributed by atoms with van der Waals surface area (Å²) in [7, 11) is 1.52. The molecule has 1 fully saturated rings. The van der Waals surface area contributed by atoms with Crippen molar-refractivity contribution in [3.05, 3.63) is 67.0 Å². The fourth-order valence-electron chi connectivity index (χ4n) is 2.80. The van der Waals surface area contributed by atoms with E-state index in [1.165, 1.54) is 31.4 Å². The molecular formula is C20H17BrN2O6S. The standard InChI is InChI=1S/C20H17BrN2O6S/c1-3-29-18-15(21)8-13(9-16(18)28-2)10-17-19(24)22(20(25)30-17)11-12-4-6-14(7-5-12)23(26)27/h4-10H,3,11H2,1-2H3/b17-10-. The molecule has 8 nitrogen and oxygen atoms in total. The number of hydrogen-bond donors (Lipinski definition) is 0. The molecule has 2 aromatic rings. The first kappa shape index (κ1) is 21.8. The molecule has 1 saturated heterocycles. The topological polar surface area (TPSA) is 99.0 Å². The van der Waals surface area contributed by atoms with Crippen LogP contribution >= 0.6 is 27.7 Å². The number of methoxy groups -OCH3 is 1. The molecule has 2 amide bonds. The summed E-state index contributed by atoms with van der Waals surface area (Å²) in [5.74, 6) is 0.637. The SMILES string of the molecule is CCOc1c(Br)cc(/C=C2\SC(=O)N(Cc3ccc([N+](=O)[O-])cc3)C2=O)cc1OC. The van der Waals surface area contributed by atoms with Gasteiger partial charge in [-0.25, -0.2) is 0 Å². The molecule has 1 heterocycles. The molecule has 30 heavy (non-hydrogen) atoms. The van der Waals surface area contributed by atoms with Crippen LogP contribution < -0.4 is 9.47 Å². The molecule has 10 heteroatoms. The van der Waals surface area contributed by atoms with Crippen molar-refractivity contribution in [2.45, 2.75) is 13.5 Å². The number of hydrogen-bond acceptors (Lipinski definition) is 7. The predicted molar refractivity (Wildman–Crippen MR) is 116 cm³/mol. The molecule has 0 atom stereocenters. The van der Waals surface area contributed by atoms with Crippen molar-refractivity contribution in [3.63, 3.8) is 0 Å². The number of nitrogens with zero attached hydrogens (tertiary/aromatic N) is 2. The molecule has 0 aliphatic carbocycles. The summed E-state index contributed by atoms with van der Waals surface area (Å²) in [6.07, 6.45) is 1.61. The number of halogens is 1. The molecule has 2 aromatic carbocycles. The first-order chi connectivity index (χ1) is 14.3. The molecule has 0 unspecified atom stereocenters. The van der Waals surface area contributed by atoms with Crippen LogP contribution in [0.4, 0.5) is 10.5 Å². The van der Waals surface area contributed by atoms with Gasteiger partial charge in [0, 0.05) is 12.1 Å². The highest BCUT2D eigenvalue weighted by atomic mass is 79.9. The second kappa shape index (κ2) is 9.31. The third kappa shape index (κ3) is 4.65. The molecule has 3 rings (SSSR count). The van der Waals surface area contributed by atoms with E-state index in [9.17, 15) is 19.7 Å². The van der Waals surface area contributed by atoms with Gasteiger partial charge in [-0.15, -0.1) is 0 Å². The van der Waals surface area contributed by atoms with E-state index in [0.717, 1.165) is 16.7 Å². The zero-order valence-electron chi connectivity index (χ0n) is 16.1. The summed E-state index contributed by atoms with van der Waals surface area (Å²) >= 11 is 4.28. The third-order valence-corrected chi connectivity index (χ3v) is 5.70. The zero-order chi connectivity index (χ0) is 21.8. The first-order valence-corrected chi connectivity index (χ1v) is 10.4. The Balaban J connectivity index is 1.82. The Kier molecular flexibility index (Phi) is 6.78. The second-order valence-corrected chi connectivity index (χ2v) is 8.01. The van der Waals surface area contributed by atoms with Gasteiger partial charge < -0.3 is 9.47 Å². The third-order valence-electron chi connectivity index (χ3n) is 4.20. The molecule has 1 aliphatic heterocycles. The van der Waals surface area contributed by atoms with E-state index in [4.69, 9.17) is 9.47 Å². The van der Waals surface area contributed by atoms with E-state index < -0.39 is 16.1 Å². The van der Waals surface area contributed by atoms with Gasteiger partial charge in [-0.05, 0) is 64.0 Å². The van der Waals surface area contributed by atoms with Crippen LogP contribution in [0.3, 0.4) is 0 Å². The number of non-ortho nitro benzene ring substituents is 1. The van der Waals surface area contributed by atoms with Crippen LogP contribution in [0.2, 0.25) is 0 Å². The number of rotatable bonds is 7. The fourth-order valence-corrected chi connectivity index (χ4v) is 4.21. The van der Waals surface area contributed by atoms with Crippen molar-refractivity contribution in [3.8, 4) is 11.5 Å². The average Bonchev–Trinajstić information content (AvgIpc) is 2.97. The van der Waals surface area contributed by atoms with Crippen molar-refractivity contribution < 1.29 is 24.0 Å². The van der Waals surface area contributed by atoms with Crippen LogP contribution in [0.15, 0.2) is 45.8 Å². The number of nitro benzene ring substituents is 1. The monoisotopic (exact) mass is 492 g/mol. The van der Waals surface area contributed by atoms with Gasteiger partial charge in [-0.1, -0.05) is 12.1 Å². The molecule has 156 valence electrons. The van der Waals surface area contributed by atoms with E-state index in [1.807, 2.05) is 6.92 Å².